The number of carbonyl (C=O) groups excluding carboxylic acids is 2. The number of ketones is 1. The van der Waals surface area contributed by atoms with Crippen molar-refractivity contribution < 1.29 is 24.2 Å². The van der Waals surface area contributed by atoms with E-state index in [4.69, 9.17) is 21.1 Å². The Labute approximate surface area is 253 Å². The number of Topliss-reactive ketones (excluding diaryl/α,β-unsaturated/α-hetero) is 1. The summed E-state index contributed by atoms with van der Waals surface area (Å²) in [5.41, 5.74) is 1.94. The second-order valence-corrected chi connectivity index (χ2v) is 12.7. The lowest BCUT2D eigenvalue weighted by Gasteiger charge is -2.24. The Kier molecular flexibility index (Phi) is 8.64. The first-order valence-electron chi connectivity index (χ1n) is 12.5. The molecule has 2 aromatic carbocycles. The first-order chi connectivity index (χ1) is 19.7. The van der Waals surface area contributed by atoms with E-state index in [-0.39, 0.29) is 10.7 Å². The van der Waals surface area contributed by atoms with Crippen LogP contribution >= 0.6 is 46.0 Å². The Morgan fingerprint density at radius 1 is 1.15 bits per heavy atom. The van der Waals surface area contributed by atoms with Crippen LogP contribution in [0.1, 0.15) is 44.5 Å². The van der Waals surface area contributed by atoms with Gasteiger partial charge in [0.05, 0.1) is 40.9 Å². The molecular weight excluding hydrogens is 604 g/mol. The molecule has 0 saturated carbocycles. The molecule has 41 heavy (non-hydrogen) atoms. The normalized spacial score (nSPS) is 15.1. The molecule has 0 bridgehead atoms. The minimum absolute atomic E-state index is 0.0616. The number of benzene rings is 2. The number of hydrogen-bond acceptors (Lipinski definition) is 11. The smallest absolute Gasteiger partial charge is 0.296 e. The fourth-order valence-electron chi connectivity index (χ4n) is 4.46. The van der Waals surface area contributed by atoms with Crippen LogP contribution in [0.2, 0.25) is 5.02 Å². The highest BCUT2D eigenvalue weighted by molar-refractivity contribution is 8.00. The summed E-state index contributed by atoms with van der Waals surface area (Å²) < 4.78 is 11.8. The van der Waals surface area contributed by atoms with Crippen molar-refractivity contribution >= 4 is 62.9 Å². The van der Waals surface area contributed by atoms with Gasteiger partial charge < -0.3 is 14.6 Å². The first-order valence-corrected chi connectivity index (χ1v) is 15.5. The Morgan fingerprint density at radius 3 is 2.61 bits per heavy atom. The largest absolute Gasteiger partial charge is 0.503 e. The maximum Gasteiger partial charge on any atom is 0.296 e. The fourth-order valence-corrected chi connectivity index (χ4v) is 7.48. The predicted molar refractivity (Wildman–Crippen MR) is 161 cm³/mol. The number of ether oxygens (including phenoxy) is 2. The van der Waals surface area contributed by atoms with Crippen molar-refractivity contribution in [2.75, 3.05) is 18.6 Å². The minimum atomic E-state index is -0.990. The second kappa shape index (κ2) is 12.2. The van der Waals surface area contributed by atoms with Crippen LogP contribution in [-0.2, 0) is 10.5 Å². The van der Waals surface area contributed by atoms with E-state index in [1.165, 1.54) is 46.4 Å². The van der Waals surface area contributed by atoms with E-state index < -0.39 is 23.5 Å². The van der Waals surface area contributed by atoms with Gasteiger partial charge in [-0.05, 0) is 50.1 Å². The number of carbonyl (C=O) groups is 2. The fraction of sp³-hybridized carbons (Fsp3) is 0.250. The van der Waals surface area contributed by atoms with E-state index in [1.807, 2.05) is 31.2 Å². The second-order valence-electron chi connectivity index (χ2n) is 8.89. The van der Waals surface area contributed by atoms with Crippen molar-refractivity contribution in [3.05, 3.63) is 85.5 Å². The van der Waals surface area contributed by atoms with Gasteiger partial charge >= 0.3 is 0 Å². The van der Waals surface area contributed by atoms with Crippen LogP contribution in [0.4, 0.5) is 5.13 Å². The lowest BCUT2D eigenvalue weighted by molar-refractivity contribution is -0.117. The zero-order valence-corrected chi connectivity index (χ0v) is 25.7. The summed E-state index contributed by atoms with van der Waals surface area (Å²) in [6.07, 6.45) is 0. The average molecular weight is 629 g/mol. The SMILES string of the molecule is CCOc1ccc(C2C(C(=O)c3sc(C)nc3C)=C(O)C(=O)N2c2nnc(SCc3ccccc3Cl)s2)cc1OC. The first kappa shape index (κ1) is 29.1. The number of halogens is 1. The Balaban J connectivity index is 1.55. The molecule has 1 amide bonds. The number of aliphatic hydroxyl groups excluding tert-OH is 1. The number of hydrogen-bond donors (Lipinski definition) is 1. The number of thioether (sulfide) groups is 1. The highest BCUT2D eigenvalue weighted by atomic mass is 35.5. The Bertz CT molecular complexity index is 1670. The van der Waals surface area contributed by atoms with E-state index in [1.54, 1.807) is 32.0 Å². The van der Waals surface area contributed by atoms with Crippen LogP contribution < -0.4 is 14.4 Å². The van der Waals surface area contributed by atoms with Crippen molar-refractivity contribution in [3.63, 3.8) is 0 Å². The number of amides is 1. The Morgan fingerprint density at radius 2 is 1.93 bits per heavy atom. The van der Waals surface area contributed by atoms with Gasteiger partial charge in [-0.1, -0.05) is 59.0 Å². The van der Waals surface area contributed by atoms with Gasteiger partial charge in [-0.25, -0.2) is 4.98 Å². The number of aliphatic hydroxyl groups is 1. The molecule has 0 spiro atoms. The number of anilines is 1. The zero-order chi connectivity index (χ0) is 29.3. The van der Waals surface area contributed by atoms with Gasteiger partial charge in [0.15, 0.2) is 21.6 Å². The molecule has 212 valence electrons. The van der Waals surface area contributed by atoms with Crippen LogP contribution in [0.15, 0.2) is 58.1 Å². The van der Waals surface area contributed by atoms with Crippen molar-refractivity contribution in [1.82, 2.24) is 15.2 Å². The summed E-state index contributed by atoms with van der Waals surface area (Å²) in [4.78, 5) is 33.5. The van der Waals surface area contributed by atoms with Crippen LogP contribution in [0.3, 0.4) is 0 Å². The van der Waals surface area contributed by atoms with E-state index in [9.17, 15) is 14.7 Å². The number of thiazole rings is 1. The maximum absolute atomic E-state index is 13.9. The molecule has 0 fully saturated rings. The standard InChI is InChI=1S/C28H25ClN4O5S3/c1-5-38-19-11-10-16(12-20(19)37-4)22-21(23(34)25-14(2)30-15(3)40-25)24(35)26(36)33(22)27-31-32-28(41-27)39-13-17-8-6-7-9-18(17)29/h6-12,22,35H,5,13H2,1-4H3. The molecule has 13 heteroatoms. The van der Waals surface area contributed by atoms with Gasteiger partial charge in [-0.3, -0.25) is 14.5 Å². The van der Waals surface area contributed by atoms with Crippen LogP contribution in [-0.4, -0.2) is 45.7 Å². The molecule has 9 nitrogen and oxygen atoms in total. The van der Waals surface area contributed by atoms with Crippen molar-refractivity contribution in [2.24, 2.45) is 0 Å². The van der Waals surface area contributed by atoms with Gasteiger partial charge in [-0.15, -0.1) is 21.5 Å². The number of nitrogens with zero attached hydrogens (tertiary/aromatic N) is 4. The Hall–Kier alpha value is -3.45. The van der Waals surface area contributed by atoms with Crippen LogP contribution in [0, 0.1) is 13.8 Å². The topological polar surface area (TPSA) is 115 Å². The third-order valence-electron chi connectivity index (χ3n) is 6.28. The third kappa shape index (κ3) is 5.69. The highest BCUT2D eigenvalue weighted by Crippen LogP contribution is 2.46. The number of methoxy groups -OCH3 is 1. The van der Waals surface area contributed by atoms with E-state index in [2.05, 4.69) is 15.2 Å². The summed E-state index contributed by atoms with van der Waals surface area (Å²) in [5, 5.41) is 21.3. The molecule has 0 aliphatic carbocycles. The summed E-state index contributed by atoms with van der Waals surface area (Å²) in [6, 6.07) is 11.7. The average Bonchev–Trinajstić information content (AvgIpc) is 3.63. The van der Waals surface area contributed by atoms with Crippen LogP contribution in [0.5, 0.6) is 11.5 Å². The maximum atomic E-state index is 13.9. The van der Waals surface area contributed by atoms with Gasteiger partial charge in [0.25, 0.3) is 5.91 Å². The number of aryl methyl sites for hydroxylation is 2. The molecule has 0 saturated heterocycles. The molecule has 0 radical (unpaired) electrons. The van der Waals surface area contributed by atoms with E-state index >= 15 is 0 Å². The van der Waals surface area contributed by atoms with Crippen molar-refractivity contribution in [2.45, 2.75) is 36.9 Å². The monoisotopic (exact) mass is 628 g/mol. The molecular formula is C28H25ClN4O5S3. The molecule has 1 atom stereocenters. The van der Waals surface area contributed by atoms with Crippen LogP contribution in [0.25, 0.3) is 0 Å². The molecule has 3 heterocycles. The summed E-state index contributed by atoms with van der Waals surface area (Å²) >= 11 is 10.1. The molecule has 4 aromatic rings. The molecule has 1 aliphatic heterocycles. The van der Waals surface area contributed by atoms with Gasteiger partial charge in [-0.2, -0.15) is 0 Å². The number of rotatable bonds is 10. The van der Waals surface area contributed by atoms with Gasteiger partial charge in [0, 0.05) is 10.8 Å². The lowest BCUT2D eigenvalue weighted by Crippen LogP contribution is -2.31. The highest BCUT2D eigenvalue weighted by Gasteiger charge is 2.47. The van der Waals surface area contributed by atoms with E-state index in [0.29, 0.717) is 54.4 Å². The minimum Gasteiger partial charge on any atom is -0.503 e. The summed E-state index contributed by atoms with van der Waals surface area (Å²) in [5.74, 6) is -0.370. The van der Waals surface area contributed by atoms with Crippen molar-refractivity contribution in [1.29, 1.82) is 0 Å². The predicted octanol–water partition coefficient (Wildman–Crippen LogP) is 6.75. The molecule has 2 aromatic heterocycles. The summed E-state index contributed by atoms with van der Waals surface area (Å²) in [6.45, 7) is 5.81. The molecule has 5 rings (SSSR count). The van der Waals surface area contributed by atoms with Gasteiger partial charge in [0.1, 0.15) is 0 Å². The van der Waals surface area contributed by atoms with Crippen molar-refractivity contribution in [3.8, 4) is 11.5 Å². The molecule has 1 unspecified atom stereocenters. The summed E-state index contributed by atoms with van der Waals surface area (Å²) in [7, 11) is 1.51. The molecule has 1 aliphatic rings. The van der Waals surface area contributed by atoms with E-state index in [0.717, 1.165) is 5.56 Å². The zero-order valence-electron chi connectivity index (χ0n) is 22.5. The lowest BCUT2D eigenvalue weighted by atomic mass is 9.95. The number of aromatic nitrogens is 3. The van der Waals surface area contributed by atoms with Gasteiger partial charge in [0.2, 0.25) is 10.9 Å². The molecule has 1 N–H and O–H groups in total. The third-order valence-corrected chi connectivity index (χ3v) is 9.82. The quantitative estimate of drug-likeness (QED) is 0.116.